The fraction of sp³-hybridized carbons (Fsp3) is 0.273. The minimum absolute atomic E-state index is 0.260. The molecule has 1 aliphatic heterocycles. The van der Waals surface area contributed by atoms with Gasteiger partial charge in [0.2, 0.25) is 0 Å². The second-order valence-corrected chi connectivity index (χ2v) is 8.62. The number of nitrogens with one attached hydrogen (secondary N) is 1. The Labute approximate surface area is 188 Å². The molecule has 1 aliphatic rings. The SMILES string of the molecule is O=c1[nH]c2c(Cl)cc(Cl)cc2c(=O)n1CCCN1CC=C(c2ccc(Cl)cc2)CC1. The van der Waals surface area contributed by atoms with E-state index in [1.165, 1.54) is 27.8 Å². The van der Waals surface area contributed by atoms with Crippen LogP contribution in [-0.2, 0) is 6.54 Å². The van der Waals surface area contributed by atoms with Crippen LogP contribution >= 0.6 is 34.8 Å². The van der Waals surface area contributed by atoms with Gasteiger partial charge in [-0.15, -0.1) is 0 Å². The van der Waals surface area contributed by atoms with E-state index in [1.54, 1.807) is 0 Å². The van der Waals surface area contributed by atoms with Crippen LogP contribution < -0.4 is 11.2 Å². The van der Waals surface area contributed by atoms with Crippen molar-refractivity contribution in [3.05, 3.63) is 83.9 Å². The summed E-state index contributed by atoms with van der Waals surface area (Å²) in [4.78, 5) is 30.1. The van der Waals surface area contributed by atoms with Crippen LogP contribution in [0.5, 0.6) is 0 Å². The number of hydrogen-bond acceptors (Lipinski definition) is 3. The molecular weight excluding hydrogens is 445 g/mol. The maximum absolute atomic E-state index is 12.8. The second-order valence-electron chi connectivity index (χ2n) is 7.34. The largest absolute Gasteiger partial charge is 0.328 e. The Morgan fingerprint density at radius 1 is 0.967 bits per heavy atom. The lowest BCUT2D eigenvalue weighted by molar-refractivity contribution is 0.290. The Balaban J connectivity index is 1.42. The highest BCUT2D eigenvalue weighted by atomic mass is 35.5. The first-order valence-electron chi connectivity index (χ1n) is 9.71. The van der Waals surface area contributed by atoms with Crippen molar-refractivity contribution in [2.45, 2.75) is 19.4 Å². The third kappa shape index (κ3) is 4.49. The van der Waals surface area contributed by atoms with Gasteiger partial charge in [-0.2, -0.15) is 0 Å². The zero-order valence-corrected chi connectivity index (χ0v) is 18.4. The average molecular weight is 465 g/mol. The minimum Gasteiger partial charge on any atom is -0.305 e. The summed E-state index contributed by atoms with van der Waals surface area (Å²) in [7, 11) is 0. The molecule has 156 valence electrons. The molecule has 0 aliphatic carbocycles. The Hall–Kier alpha value is -2.05. The van der Waals surface area contributed by atoms with Gasteiger partial charge in [0.25, 0.3) is 5.56 Å². The third-order valence-corrected chi connectivity index (χ3v) is 6.14. The summed E-state index contributed by atoms with van der Waals surface area (Å²) in [5.41, 5.74) is 2.01. The molecule has 2 aromatic carbocycles. The van der Waals surface area contributed by atoms with Gasteiger partial charge in [0.1, 0.15) is 0 Å². The Morgan fingerprint density at radius 2 is 1.73 bits per heavy atom. The molecule has 0 spiro atoms. The van der Waals surface area contributed by atoms with E-state index in [0.29, 0.717) is 28.9 Å². The van der Waals surface area contributed by atoms with Crippen LogP contribution in [0.4, 0.5) is 0 Å². The topological polar surface area (TPSA) is 58.1 Å². The summed E-state index contributed by atoms with van der Waals surface area (Å²) >= 11 is 18.1. The first kappa shape index (κ1) is 21.2. The lowest BCUT2D eigenvalue weighted by Gasteiger charge is -2.26. The van der Waals surface area contributed by atoms with E-state index >= 15 is 0 Å². The second kappa shape index (κ2) is 8.98. The van der Waals surface area contributed by atoms with E-state index in [0.717, 1.165) is 31.1 Å². The monoisotopic (exact) mass is 463 g/mol. The molecule has 8 heteroatoms. The van der Waals surface area contributed by atoms with Gasteiger partial charge in [0.05, 0.1) is 15.9 Å². The number of benzene rings is 2. The van der Waals surface area contributed by atoms with Crippen molar-refractivity contribution in [3.63, 3.8) is 0 Å². The third-order valence-electron chi connectivity index (χ3n) is 5.37. The van der Waals surface area contributed by atoms with Crippen LogP contribution in [-0.4, -0.2) is 34.1 Å². The van der Waals surface area contributed by atoms with E-state index in [-0.39, 0.29) is 10.6 Å². The Bertz CT molecular complexity index is 1230. The Morgan fingerprint density at radius 3 is 2.43 bits per heavy atom. The van der Waals surface area contributed by atoms with Gasteiger partial charge in [-0.25, -0.2) is 4.79 Å². The van der Waals surface area contributed by atoms with E-state index < -0.39 is 5.69 Å². The van der Waals surface area contributed by atoms with Crippen LogP contribution in [0, 0.1) is 0 Å². The normalized spacial score (nSPS) is 14.8. The van der Waals surface area contributed by atoms with Crippen molar-refractivity contribution < 1.29 is 0 Å². The molecule has 1 aromatic heterocycles. The van der Waals surface area contributed by atoms with Gasteiger partial charge >= 0.3 is 5.69 Å². The Kier molecular flexibility index (Phi) is 6.34. The first-order chi connectivity index (χ1) is 14.4. The molecule has 0 fully saturated rings. The predicted molar refractivity (Wildman–Crippen MR) is 124 cm³/mol. The summed E-state index contributed by atoms with van der Waals surface area (Å²) in [6, 6.07) is 10.9. The van der Waals surface area contributed by atoms with Gasteiger partial charge in [-0.1, -0.05) is 53.0 Å². The van der Waals surface area contributed by atoms with Gasteiger partial charge in [0.15, 0.2) is 0 Å². The number of hydrogen-bond donors (Lipinski definition) is 1. The fourth-order valence-corrected chi connectivity index (χ4v) is 4.44. The maximum Gasteiger partial charge on any atom is 0.328 e. The molecule has 0 radical (unpaired) electrons. The van der Waals surface area contributed by atoms with E-state index in [9.17, 15) is 9.59 Å². The minimum atomic E-state index is -0.458. The van der Waals surface area contributed by atoms with Crippen molar-refractivity contribution in [2.75, 3.05) is 19.6 Å². The maximum atomic E-state index is 12.8. The number of fused-ring (bicyclic) bond motifs is 1. The van der Waals surface area contributed by atoms with Crippen molar-refractivity contribution >= 4 is 51.3 Å². The molecular formula is C22H20Cl3N3O2. The highest BCUT2D eigenvalue weighted by Gasteiger charge is 2.14. The molecule has 0 bridgehead atoms. The van der Waals surface area contributed by atoms with E-state index in [1.807, 2.05) is 24.3 Å². The number of aromatic amines is 1. The standard InChI is InChI=1S/C22H20Cl3N3O2/c23-16-4-2-14(3-5-16)15-6-10-27(11-7-15)8-1-9-28-21(29)18-12-17(24)13-19(25)20(18)26-22(28)30/h2-6,12-13H,1,7-11H2,(H,26,30). The molecule has 0 saturated carbocycles. The van der Waals surface area contributed by atoms with Crippen molar-refractivity contribution in [2.24, 2.45) is 0 Å². The van der Waals surface area contributed by atoms with Gasteiger partial charge in [0, 0.05) is 36.2 Å². The zero-order chi connectivity index (χ0) is 21.3. The molecule has 2 heterocycles. The number of aromatic nitrogens is 2. The number of H-pyrrole nitrogens is 1. The zero-order valence-electron chi connectivity index (χ0n) is 16.1. The predicted octanol–water partition coefficient (Wildman–Crippen LogP) is 4.83. The molecule has 30 heavy (non-hydrogen) atoms. The van der Waals surface area contributed by atoms with Crippen LogP contribution in [0.3, 0.4) is 0 Å². The molecule has 0 saturated heterocycles. The molecule has 5 nitrogen and oxygen atoms in total. The summed E-state index contributed by atoms with van der Waals surface area (Å²) in [5, 5.41) is 1.68. The fourth-order valence-electron chi connectivity index (χ4n) is 3.78. The average Bonchev–Trinajstić information content (AvgIpc) is 2.73. The molecule has 0 unspecified atom stereocenters. The summed E-state index contributed by atoms with van der Waals surface area (Å²) in [6.07, 6.45) is 3.87. The number of halogens is 3. The van der Waals surface area contributed by atoms with Gasteiger partial charge < -0.3 is 4.98 Å². The van der Waals surface area contributed by atoms with Crippen LogP contribution in [0.25, 0.3) is 16.5 Å². The van der Waals surface area contributed by atoms with E-state index in [4.69, 9.17) is 34.8 Å². The molecule has 3 aromatic rings. The summed E-state index contributed by atoms with van der Waals surface area (Å²) in [6.45, 7) is 2.90. The van der Waals surface area contributed by atoms with Crippen molar-refractivity contribution in [1.82, 2.24) is 14.5 Å². The van der Waals surface area contributed by atoms with Crippen LogP contribution in [0.2, 0.25) is 15.1 Å². The van der Waals surface area contributed by atoms with Crippen molar-refractivity contribution in [1.29, 1.82) is 0 Å². The van der Waals surface area contributed by atoms with Crippen molar-refractivity contribution in [3.8, 4) is 0 Å². The number of nitrogens with zero attached hydrogens (tertiary/aromatic N) is 2. The molecule has 0 amide bonds. The highest BCUT2D eigenvalue weighted by molar-refractivity contribution is 6.38. The highest BCUT2D eigenvalue weighted by Crippen LogP contribution is 2.24. The van der Waals surface area contributed by atoms with Gasteiger partial charge in [-0.05, 0) is 48.2 Å². The molecule has 4 rings (SSSR count). The van der Waals surface area contributed by atoms with Crippen LogP contribution in [0.1, 0.15) is 18.4 Å². The quantitative estimate of drug-likeness (QED) is 0.588. The molecule has 1 N–H and O–H groups in total. The summed E-state index contributed by atoms with van der Waals surface area (Å²) in [5.74, 6) is 0. The molecule has 0 atom stereocenters. The lowest BCUT2D eigenvalue weighted by atomic mass is 9.99. The smallest absolute Gasteiger partial charge is 0.305 e. The van der Waals surface area contributed by atoms with E-state index in [2.05, 4.69) is 16.0 Å². The first-order valence-corrected chi connectivity index (χ1v) is 10.8. The van der Waals surface area contributed by atoms with Crippen LogP contribution in [0.15, 0.2) is 52.1 Å². The van der Waals surface area contributed by atoms with Gasteiger partial charge in [-0.3, -0.25) is 14.3 Å². The number of rotatable bonds is 5. The lowest BCUT2D eigenvalue weighted by Crippen LogP contribution is -2.37. The summed E-state index contributed by atoms with van der Waals surface area (Å²) < 4.78 is 1.22.